The zero-order valence-electron chi connectivity index (χ0n) is 12.2. The van der Waals surface area contributed by atoms with Gasteiger partial charge in [-0.25, -0.2) is 0 Å². The Morgan fingerprint density at radius 1 is 1.10 bits per heavy atom. The van der Waals surface area contributed by atoms with Crippen molar-refractivity contribution in [2.45, 2.75) is 50.9 Å². The minimum Gasteiger partial charge on any atom is -0.299 e. The third-order valence-corrected chi connectivity index (χ3v) is 5.98. The van der Waals surface area contributed by atoms with Crippen LogP contribution in [0.4, 0.5) is 0 Å². The number of Topliss-reactive ketones (excluding diaryl/α,β-unsaturated/α-hetero) is 1. The summed E-state index contributed by atoms with van der Waals surface area (Å²) in [4.78, 5) is 14.2. The summed E-state index contributed by atoms with van der Waals surface area (Å²) < 4.78 is 0. The summed E-state index contributed by atoms with van der Waals surface area (Å²) in [5, 5.41) is 2.14. The number of carbonyl (C=O) groups excluding carboxylic acids is 1. The van der Waals surface area contributed by atoms with E-state index in [9.17, 15) is 4.79 Å². The third-order valence-electron chi connectivity index (χ3n) is 4.98. The summed E-state index contributed by atoms with van der Waals surface area (Å²) in [6.45, 7) is 0. The highest BCUT2D eigenvalue weighted by atomic mass is 32.1. The van der Waals surface area contributed by atoms with Crippen molar-refractivity contribution >= 4 is 17.1 Å². The van der Waals surface area contributed by atoms with Gasteiger partial charge in [0.15, 0.2) is 0 Å². The van der Waals surface area contributed by atoms with E-state index >= 15 is 0 Å². The fourth-order valence-electron chi connectivity index (χ4n) is 3.88. The lowest BCUT2D eigenvalue weighted by Crippen LogP contribution is -2.19. The second-order valence-electron chi connectivity index (χ2n) is 6.34. The molecule has 2 aromatic rings. The van der Waals surface area contributed by atoms with E-state index in [0.717, 1.165) is 19.3 Å². The smallest absolute Gasteiger partial charge is 0.144 e. The zero-order valence-corrected chi connectivity index (χ0v) is 13.0. The van der Waals surface area contributed by atoms with E-state index in [0.29, 0.717) is 12.2 Å². The lowest BCUT2D eigenvalue weighted by molar-refractivity contribution is -0.120. The summed E-state index contributed by atoms with van der Waals surface area (Å²) in [5.41, 5.74) is 5.49. The summed E-state index contributed by atoms with van der Waals surface area (Å²) in [7, 11) is 0. The molecule has 1 heterocycles. The number of benzene rings is 1. The Kier molecular flexibility index (Phi) is 3.42. The minimum absolute atomic E-state index is 0.147. The molecule has 21 heavy (non-hydrogen) atoms. The first kappa shape index (κ1) is 13.3. The van der Waals surface area contributed by atoms with Gasteiger partial charge in [0.25, 0.3) is 0 Å². The van der Waals surface area contributed by atoms with Crippen LogP contribution in [-0.4, -0.2) is 5.78 Å². The van der Waals surface area contributed by atoms with Gasteiger partial charge in [0, 0.05) is 17.2 Å². The lowest BCUT2D eigenvalue weighted by atomic mass is 9.83. The molecule has 2 aliphatic carbocycles. The number of fused-ring (bicyclic) bond motifs is 2. The fourth-order valence-corrected chi connectivity index (χ4v) is 4.87. The van der Waals surface area contributed by atoms with E-state index in [1.54, 1.807) is 0 Å². The van der Waals surface area contributed by atoms with Crippen LogP contribution in [0.25, 0.3) is 0 Å². The Hall–Kier alpha value is -1.41. The second-order valence-corrected chi connectivity index (χ2v) is 7.34. The molecule has 0 radical (unpaired) electrons. The zero-order chi connectivity index (χ0) is 14.2. The van der Waals surface area contributed by atoms with E-state index in [1.165, 1.54) is 46.4 Å². The highest BCUT2D eigenvalue weighted by molar-refractivity contribution is 7.10. The molecule has 2 heteroatoms. The molecule has 108 valence electrons. The number of rotatable bonds is 3. The molecule has 0 spiro atoms. The first-order valence-corrected chi connectivity index (χ1v) is 8.89. The summed E-state index contributed by atoms with van der Waals surface area (Å²) >= 11 is 1.82. The fraction of sp³-hybridized carbons (Fsp3) is 0.421. The average Bonchev–Trinajstić information content (AvgIpc) is 3.14. The predicted molar refractivity (Wildman–Crippen MR) is 87.2 cm³/mol. The molecule has 1 atom stereocenters. The molecule has 0 saturated heterocycles. The molecule has 2 aliphatic rings. The molecule has 0 aliphatic heterocycles. The van der Waals surface area contributed by atoms with Gasteiger partial charge in [-0.05, 0) is 72.2 Å². The number of aryl methyl sites for hydroxylation is 3. The largest absolute Gasteiger partial charge is 0.299 e. The molecule has 1 aromatic heterocycles. The number of ketones is 1. The molecular formula is C19H20OS. The Balaban J connectivity index is 1.54. The van der Waals surface area contributed by atoms with Crippen LogP contribution in [-0.2, 0) is 30.5 Å². The molecule has 1 aromatic carbocycles. The summed E-state index contributed by atoms with van der Waals surface area (Å²) in [6, 6.07) is 8.85. The van der Waals surface area contributed by atoms with Gasteiger partial charge in [0.05, 0.1) is 0 Å². The van der Waals surface area contributed by atoms with E-state index in [2.05, 4.69) is 29.6 Å². The first-order chi connectivity index (χ1) is 10.3. The van der Waals surface area contributed by atoms with Crippen LogP contribution >= 0.6 is 11.3 Å². The van der Waals surface area contributed by atoms with Crippen molar-refractivity contribution in [1.82, 2.24) is 0 Å². The van der Waals surface area contributed by atoms with Crippen molar-refractivity contribution in [3.05, 3.63) is 56.8 Å². The quantitative estimate of drug-likeness (QED) is 0.817. The average molecular weight is 296 g/mol. The van der Waals surface area contributed by atoms with Gasteiger partial charge in [-0.15, -0.1) is 11.3 Å². The van der Waals surface area contributed by atoms with Gasteiger partial charge >= 0.3 is 0 Å². The van der Waals surface area contributed by atoms with Crippen molar-refractivity contribution < 1.29 is 4.79 Å². The van der Waals surface area contributed by atoms with Gasteiger partial charge < -0.3 is 0 Å². The lowest BCUT2D eigenvalue weighted by Gasteiger charge is -2.21. The summed E-state index contributed by atoms with van der Waals surface area (Å²) in [6.07, 6.45) is 7.64. The number of carbonyl (C=O) groups is 1. The van der Waals surface area contributed by atoms with Crippen LogP contribution in [0.3, 0.4) is 0 Å². The normalized spacial score (nSPS) is 20.1. The topological polar surface area (TPSA) is 17.1 Å². The molecule has 0 saturated carbocycles. The van der Waals surface area contributed by atoms with Crippen LogP contribution in [0.15, 0.2) is 29.6 Å². The highest BCUT2D eigenvalue weighted by Crippen LogP contribution is 2.36. The molecule has 1 unspecified atom stereocenters. The Morgan fingerprint density at radius 3 is 2.95 bits per heavy atom. The van der Waals surface area contributed by atoms with Crippen LogP contribution in [0.5, 0.6) is 0 Å². The van der Waals surface area contributed by atoms with Crippen molar-refractivity contribution in [2.24, 2.45) is 0 Å². The Bertz CT molecular complexity index is 683. The van der Waals surface area contributed by atoms with Crippen molar-refractivity contribution in [3.8, 4) is 0 Å². The SMILES string of the molecule is O=C(Cc1ccc2c(c1)CCC2)C1CCCc2sccc21. The van der Waals surface area contributed by atoms with Gasteiger partial charge in [0.1, 0.15) is 5.78 Å². The Morgan fingerprint density at radius 2 is 2.00 bits per heavy atom. The molecular weight excluding hydrogens is 276 g/mol. The maximum atomic E-state index is 12.7. The molecule has 0 N–H and O–H groups in total. The van der Waals surface area contributed by atoms with E-state index in [1.807, 2.05) is 11.3 Å². The van der Waals surface area contributed by atoms with E-state index in [-0.39, 0.29) is 5.92 Å². The number of thiophene rings is 1. The molecule has 0 fully saturated rings. The van der Waals surface area contributed by atoms with Crippen molar-refractivity contribution in [3.63, 3.8) is 0 Å². The van der Waals surface area contributed by atoms with Gasteiger partial charge in [-0.3, -0.25) is 4.79 Å². The second kappa shape index (κ2) is 5.42. The number of hydrogen-bond acceptors (Lipinski definition) is 2. The van der Waals surface area contributed by atoms with Gasteiger partial charge in [-0.1, -0.05) is 18.2 Å². The molecule has 4 rings (SSSR count). The molecule has 1 nitrogen and oxygen atoms in total. The number of hydrogen-bond donors (Lipinski definition) is 0. The standard InChI is InChI=1S/C19H20OS/c20-18(16-5-2-6-19-17(16)9-10-21-19)12-13-7-8-14-3-1-4-15(14)11-13/h7-11,16H,1-6,12H2. The van der Waals surface area contributed by atoms with Crippen LogP contribution in [0.1, 0.15) is 52.3 Å². The van der Waals surface area contributed by atoms with Crippen LogP contribution in [0.2, 0.25) is 0 Å². The van der Waals surface area contributed by atoms with Crippen LogP contribution in [0, 0.1) is 0 Å². The van der Waals surface area contributed by atoms with Crippen molar-refractivity contribution in [2.75, 3.05) is 0 Å². The highest BCUT2D eigenvalue weighted by Gasteiger charge is 2.27. The predicted octanol–water partition coefficient (Wildman–Crippen LogP) is 4.47. The van der Waals surface area contributed by atoms with Gasteiger partial charge in [0.2, 0.25) is 0 Å². The molecule has 0 amide bonds. The van der Waals surface area contributed by atoms with Gasteiger partial charge in [-0.2, -0.15) is 0 Å². The third kappa shape index (κ3) is 2.46. The summed E-state index contributed by atoms with van der Waals surface area (Å²) in [5.74, 6) is 0.556. The Labute approximate surface area is 130 Å². The van der Waals surface area contributed by atoms with Crippen molar-refractivity contribution in [1.29, 1.82) is 0 Å². The minimum atomic E-state index is 0.147. The van der Waals surface area contributed by atoms with E-state index in [4.69, 9.17) is 0 Å². The monoisotopic (exact) mass is 296 g/mol. The maximum Gasteiger partial charge on any atom is 0.144 e. The van der Waals surface area contributed by atoms with Crippen LogP contribution < -0.4 is 0 Å². The first-order valence-electron chi connectivity index (χ1n) is 8.01. The molecule has 0 bridgehead atoms. The van der Waals surface area contributed by atoms with E-state index < -0.39 is 0 Å². The maximum absolute atomic E-state index is 12.7.